The molecule has 0 saturated heterocycles. The molecule has 0 aliphatic heterocycles. The molecule has 0 spiro atoms. The van der Waals surface area contributed by atoms with E-state index in [0.29, 0.717) is 13.1 Å². The highest BCUT2D eigenvalue weighted by molar-refractivity contribution is 7.90. The quantitative estimate of drug-likeness (QED) is 0.649. The van der Waals surface area contributed by atoms with Gasteiger partial charge in [0.1, 0.15) is 0 Å². The van der Waals surface area contributed by atoms with E-state index >= 15 is 0 Å². The van der Waals surface area contributed by atoms with Crippen molar-refractivity contribution in [1.82, 2.24) is 9.62 Å². The number of sulfonamides is 1. The van der Waals surface area contributed by atoms with Crippen molar-refractivity contribution in [2.75, 3.05) is 27.2 Å². The van der Waals surface area contributed by atoms with E-state index in [1.807, 2.05) is 19.0 Å². The van der Waals surface area contributed by atoms with Gasteiger partial charge in [0.2, 0.25) is 10.0 Å². The van der Waals surface area contributed by atoms with E-state index < -0.39 is 15.3 Å². The number of nitriles is 1. The second-order valence-corrected chi connectivity index (χ2v) is 5.10. The van der Waals surface area contributed by atoms with Gasteiger partial charge in [0.15, 0.2) is 5.25 Å². The first-order valence-electron chi connectivity index (χ1n) is 3.93. The van der Waals surface area contributed by atoms with E-state index in [-0.39, 0.29) is 0 Å². The van der Waals surface area contributed by atoms with Crippen molar-refractivity contribution in [3.63, 3.8) is 0 Å². The van der Waals surface area contributed by atoms with E-state index in [2.05, 4.69) is 4.72 Å². The fourth-order valence-corrected chi connectivity index (χ4v) is 1.37. The summed E-state index contributed by atoms with van der Waals surface area (Å²) in [5.74, 6) is 0. The summed E-state index contributed by atoms with van der Waals surface area (Å²) in [5.41, 5.74) is 0. The number of hydrogen-bond acceptors (Lipinski definition) is 4. The smallest absolute Gasteiger partial charge is 0.227 e. The van der Waals surface area contributed by atoms with Crippen LogP contribution in [0.5, 0.6) is 0 Å². The van der Waals surface area contributed by atoms with Crippen molar-refractivity contribution in [2.45, 2.75) is 12.2 Å². The van der Waals surface area contributed by atoms with E-state index in [4.69, 9.17) is 5.26 Å². The summed E-state index contributed by atoms with van der Waals surface area (Å²) in [6.07, 6.45) is 0. The molecule has 0 radical (unpaired) electrons. The first-order valence-corrected chi connectivity index (χ1v) is 5.47. The van der Waals surface area contributed by atoms with Crippen LogP contribution in [0.25, 0.3) is 0 Å². The highest BCUT2D eigenvalue weighted by Gasteiger charge is 2.18. The Morgan fingerprint density at radius 1 is 1.54 bits per heavy atom. The van der Waals surface area contributed by atoms with Crippen molar-refractivity contribution in [2.24, 2.45) is 0 Å². The third-order valence-electron chi connectivity index (χ3n) is 1.51. The molecular formula is C7H15N3O2S. The molecule has 0 aliphatic rings. The first-order chi connectivity index (χ1) is 5.90. The van der Waals surface area contributed by atoms with Crippen molar-refractivity contribution >= 4 is 10.0 Å². The van der Waals surface area contributed by atoms with Gasteiger partial charge in [0, 0.05) is 13.1 Å². The third-order valence-corrected chi connectivity index (χ3v) is 3.15. The van der Waals surface area contributed by atoms with Crippen molar-refractivity contribution in [1.29, 1.82) is 5.26 Å². The van der Waals surface area contributed by atoms with Crippen LogP contribution in [0.15, 0.2) is 0 Å². The zero-order valence-corrected chi connectivity index (χ0v) is 8.93. The maximum absolute atomic E-state index is 11.2. The predicted octanol–water partition coefficient (Wildman–Crippen LogP) is -0.621. The molecule has 0 rings (SSSR count). The summed E-state index contributed by atoms with van der Waals surface area (Å²) in [4.78, 5) is 1.86. The Balaban J connectivity index is 4.00. The summed E-state index contributed by atoms with van der Waals surface area (Å²) >= 11 is 0. The molecule has 0 heterocycles. The van der Waals surface area contributed by atoms with Gasteiger partial charge in [-0.2, -0.15) is 5.26 Å². The van der Waals surface area contributed by atoms with Crippen LogP contribution in [0.2, 0.25) is 0 Å². The average molecular weight is 205 g/mol. The van der Waals surface area contributed by atoms with E-state index in [1.54, 1.807) is 6.07 Å². The number of nitrogens with zero attached hydrogens (tertiary/aromatic N) is 2. The lowest BCUT2D eigenvalue weighted by Gasteiger charge is -2.11. The van der Waals surface area contributed by atoms with Gasteiger partial charge in [0.05, 0.1) is 6.07 Å². The molecule has 1 unspecified atom stereocenters. The van der Waals surface area contributed by atoms with Crippen molar-refractivity contribution < 1.29 is 8.42 Å². The van der Waals surface area contributed by atoms with Gasteiger partial charge in [-0.1, -0.05) is 0 Å². The van der Waals surface area contributed by atoms with Crippen LogP contribution in [0.4, 0.5) is 0 Å². The highest BCUT2D eigenvalue weighted by Crippen LogP contribution is 1.94. The fourth-order valence-electron chi connectivity index (χ4n) is 0.606. The zero-order valence-electron chi connectivity index (χ0n) is 8.11. The molecule has 6 heteroatoms. The average Bonchev–Trinajstić information content (AvgIpc) is 2.01. The minimum atomic E-state index is -3.44. The van der Waals surface area contributed by atoms with Crippen LogP contribution in [-0.2, 0) is 10.0 Å². The molecule has 0 aromatic heterocycles. The van der Waals surface area contributed by atoms with Gasteiger partial charge < -0.3 is 4.90 Å². The molecule has 5 nitrogen and oxygen atoms in total. The van der Waals surface area contributed by atoms with Gasteiger partial charge in [0.25, 0.3) is 0 Å². The monoisotopic (exact) mass is 205 g/mol. The summed E-state index contributed by atoms with van der Waals surface area (Å²) in [6.45, 7) is 2.32. The number of hydrogen-bond donors (Lipinski definition) is 1. The Labute approximate surface area is 79.4 Å². The Hall–Kier alpha value is -0.640. The molecule has 0 aromatic rings. The summed E-state index contributed by atoms with van der Waals surface area (Å²) < 4.78 is 24.7. The fraction of sp³-hybridized carbons (Fsp3) is 0.857. The molecule has 0 aliphatic carbocycles. The SMILES string of the molecule is CC(C#N)S(=O)(=O)NCCN(C)C. The van der Waals surface area contributed by atoms with Crippen LogP contribution in [0, 0.1) is 11.3 Å². The molecule has 1 atom stereocenters. The largest absolute Gasteiger partial charge is 0.308 e. The lowest BCUT2D eigenvalue weighted by molar-refractivity contribution is 0.412. The van der Waals surface area contributed by atoms with Crippen molar-refractivity contribution in [3.05, 3.63) is 0 Å². The third kappa shape index (κ3) is 4.83. The molecular weight excluding hydrogens is 190 g/mol. The van der Waals surface area contributed by atoms with Crippen LogP contribution in [0.3, 0.4) is 0 Å². The lowest BCUT2D eigenvalue weighted by Crippen LogP contribution is -2.36. The molecule has 76 valence electrons. The highest BCUT2D eigenvalue weighted by atomic mass is 32.2. The van der Waals surface area contributed by atoms with Crippen molar-refractivity contribution in [3.8, 4) is 6.07 Å². The van der Waals surface area contributed by atoms with E-state index in [9.17, 15) is 8.42 Å². The van der Waals surface area contributed by atoms with Gasteiger partial charge >= 0.3 is 0 Å². The Bertz CT molecular complexity index is 279. The second kappa shape index (κ2) is 5.17. The molecule has 0 amide bonds. The molecule has 0 aromatic carbocycles. The molecule has 0 saturated carbocycles. The predicted molar refractivity (Wildman–Crippen MR) is 50.6 cm³/mol. The normalized spacial score (nSPS) is 14.1. The Morgan fingerprint density at radius 3 is 2.46 bits per heavy atom. The lowest BCUT2D eigenvalue weighted by atomic mass is 10.5. The van der Waals surface area contributed by atoms with E-state index in [0.717, 1.165) is 0 Å². The minimum Gasteiger partial charge on any atom is -0.308 e. The molecule has 1 N–H and O–H groups in total. The summed E-state index contributed by atoms with van der Waals surface area (Å²) in [5, 5.41) is 7.41. The molecule has 13 heavy (non-hydrogen) atoms. The molecule has 0 fully saturated rings. The molecule has 0 bridgehead atoms. The number of nitrogens with one attached hydrogen (secondary N) is 1. The number of likely N-dealkylation sites (N-methyl/N-ethyl adjacent to an activating group) is 1. The van der Waals surface area contributed by atoms with Gasteiger partial charge in [-0.15, -0.1) is 0 Å². The van der Waals surface area contributed by atoms with Crippen LogP contribution in [-0.4, -0.2) is 45.8 Å². The number of rotatable bonds is 5. The van der Waals surface area contributed by atoms with Crippen LogP contribution >= 0.6 is 0 Å². The minimum absolute atomic E-state index is 0.335. The summed E-state index contributed by atoms with van der Waals surface area (Å²) in [7, 11) is 0.255. The van der Waals surface area contributed by atoms with Gasteiger partial charge in [-0.25, -0.2) is 13.1 Å². The topological polar surface area (TPSA) is 73.2 Å². The Morgan fingerprint density at radius 2 is 2.08 bits per heavy atom. The second-order valence-electron chi connectivity index (χ2n) is 3.01. The van der Waals surface area contributed by atoms with Crippen LogP contribution < -0.4 is 4.72 Å². The zero-order chi connectivity index (χ0) is 10.5. The Kier molecular flexibility index (Phi) is 4.91. The van der Waals surface area contributed by atoms with Gasteiger partial charge in [-0.3, -0.25) is 0 Å². The van der Waals surface area contributed by atoms with Gasteiger partial charge in [-0.05, 0) is 21.0 Å². The summed E-state index contributed by atoms with van der Waals surface area (Å²) in [6, 6.07) is 1.68. The van der Waals surface area contributed by atoms with Crippen LogP contribution in [0.1, 0.15) is 6.92 Å². The van der Waals surface area contributed by atoms with E-state index in [1.165, 1.54) is 6.92 Å². The standard InChI is InChI=1S/C7H15N3O2S/c1-7(6-8)13(11,12)9-4-5-10(2)3/h7,9H,4-5H2,1-3H3. The maximum atomic E-state index is 11.2. The maximum Gasteiger partial charge on any atom is 0.227 e. The first kappa shape index (κ1) is 12.4.